The van der Waals surface area contributed by atoms with Crippen LogP contribution in [-0.4, -0.2) is 32.7 Å². The Morgan fingerprint density at radius 1 is 1.19 bits per heavy atom. The number of piperidine rings is 1. The lowest BCUT2D eigenvalue weighted by molar-refractivity contribution is -0.137. The van der Waals surface area contributed by atoms with Crippen molar-refractivity contribution < 1.29 is 23.1 Å². The van der Waals surface area contributed by atoms with Crippen LogP contribution in [0.4, 0.5) is 13.2 Å². The maximum Gasteiger partial charge on any atom is 0.416 e. The van der Waals surface area contributed by atoms with Crippen LogP contribution in [0.2, 0.25) is 0 Å². The van der Waals surface area contributed by atoms with Gasteiger partial charge in [-0.3, -0.25) is 4.79 Å². The zero-order chi connectivity index (χ0) is 18.9. The highest BCUT2D eigenvalue weighted by atomic mass is 19.4. The van der Waals surface area contributed by atoms with E-state index in [1.54, 1.807) is 17.0 Å². The molecule has 0 atom stereocenters. The Labute approximate surface area is 148 Å². The number of phenols is 1. The van der Waals surface area contributed by atoms with Gasteiger partial charge in [-0.25, -0.2) is 0 Å². The predicted octanol–water partition coefficient (Wildman–Crippen LogP) is 3.69. The SMILES string of the molecule is Cc1cc(C(F)(F)F)cc(O)c1-c1ccc(CN2CCCCC2=O)nn1. The number of aryl methyl sites for hydroxylation is 1. The maximum atomic E-state index is 12.8. The Balaban J connectivity index is 1.83. The molecule has 1 aromatic heterocycles. The largest absolute Gasteiger partial charge is 0.507 e. The van der Waals surface area contributed by atoms with E-state index in [1.807, 2.05) is 0 Å². The summed E-state index contributed by atoms with van der Waals surface area (Å²) in [5.41, 5.74) is 0.427. The molecule has 5 nitrogen and oxygen atoms in total. The molecule has 0 bridgehead atoms. The molecule has 1 aromatic carbocycles. The zero-order valence-corrected chi connectivity index (χ0v) is 14.2. The summed E-state index contributed by atoms with van der Waals surface area (Å²) in [7, 11) is 0. The molecule has 1 aliphatic rings. The van der Waals surface area contributed by atoms with Gasteiger partial charge in [-0.05, 0) is 49.6 Å². The number of aromatic nitrogens is 2. The van der Waals surface area contributed by atoms with E-state index in [2.05, 4.69) is 10.2 Å². The molecule has 0 aliphatic carbocycles. The summed E-state index contributed by atoms with van der Waals surface area (Å²) in [6, 6.07) is 4.91. The van der Waals surface area contributed by atoms with E-state index in [1.165, 1.54) is 6.92 Å². The van der Waals surface area contributed by atoms with Crippen LogP contribution in [0.3, 0.4) is 0 Å². The lowest BCUT2D eigenvalue weighted by Crippen LogP contribution is -2.34. The first kappa shape index (κ1) is 18.2. The van der Waals surface area contributed by atoms with Crippen molar-refractivity contribution in [1.82, 2.24) is 15.1 Å². The maximum absolute atomic E-state index is 12.8. The topological polar surface area (TPSA) is 66.3 Å². The number of benzene rings is 1. The molecular formula is C18H18F3N3O2. The van der Waals surface area contributed by atoms with Crippen molar-refractivity contribution in [1.29, 1.82) is 0 Å². The number of hydrogen-bond acceptors (Lipinski definition) is 4. The second-order valence-corrected chi connectivity index (χ2v) is 6.37. The molecular weight excluding hydrogens is 347 g/mol. The van der Waals surface area contributed by atoms with Gasteiger partial charge in [0.05, 0.1) is 23.5 Å². The number of alkyl halides is 3. The van der Waals surface area contributed by atoms with Crippen LogP contribution in [0.5, 0.6) is 5.75 Å². The van der Waals surface area contributed by atoms with Crippen molar-refractivity contribution >= 4 is 5.91 Å². The average molecular weight is 365 g/mol. The number of carbonyl (C=O) groups excluding carboxylic acids is 1. The van der Waals surface area contributed by atoms with Crippen molar-refractivity contribution in [3.05, 3.63) is 41.1 Å². The molecule has 1 aliphatic heterocycles. The molecule has 2 aromatic rings. The fraction of sp³-hybridized carbons (Fsp3) is 0.389. The lowest BCUT2D eigenvalue weighted by atomic mass is 10.0. The summed E-state index contributed by atoms with van der Waals surface area (Å²) in [4.78, 5) is 13.6. The number of amides is 1. The van der Waals surface area contributed by atoms with Crippen molar-refractivity contribution in [3.8, 4) is 17.0 Å². The minimum atomic E-state index is -4.53. The quantitative estimate of drug-likeness (QED) is 0.901. The van der Waals surface area contributed by atoms with Crippen LogP contribution in [0.1, 0.15) is 36.1 Å². The third kappa shape index (κ3) is 3.79. The van der Waals surface area contributed by atoms with Crippen LogP contribution < -0.4 is 0 Å². The Kier molecular flexibility index (Phi) is 4.84. The highest BCUT2D eigenvalue weighted by Crippen LogP contribution is 2.38. The predicted molar refractivity (Wildman–Crippen MR) is 88.1 cm³/mol. The number of nitrogens with zero attached hydrogens (tertiary/aromatic N) is 3. The Bertz CT molecular complexity index is 796. The number of carbonyl (C=O) groups is 1. The molecule has 8 heteroatoms. The van der Waals surface area contributed by atoms with E-state index in [0.717, 1.165) is 18.9 Å². The fourth-order valence-electron chi connectivity index (χ4n) is 3.07. The smallest absolute Gasteiger partial charge is 0.416 e. The van der Waals surface area contributed by atoms with Gasteiger partial charge in [0.25, 0.3) is 0 Å². The summed E-state index contributed by atoms with van der Waals surface area (Å²) in [5, 5.41) is 18.1. The van der Waals surface area contributed by atoms with Crippen molar-refractivity contribution in [2.75, 3.05) is 6.54 Å². The van der Waals surface area contributed by atoms with E-state index < -0.39 is 17.5 Å². The number of aromatic hydroxyl groups is 1. The summed E-state index contributed by atoms with van der Waals surface area (Å²) in [6.07, 6.45) is -2.15. The Hall–Kier alpha value is -2.64. The first-order valence-corrected chi connectivity index (χ1v) is 8.27. The van der Waals surface area contributed by atoms with Gasteiger partial charge >= 0.3 is 6.18 Å². The molecule has 0 saturated carbocycles. The first-order valence-electron chi connectivity index (χ1n) is 8.27. The third-order valence-electron chi connectivity index (χ3n) is 4.39. The van der Waals surface area contributed by atoms with Crippen LogP contribution in [0, 0.1) is 6.92 Å². The van der Waals surface area contributed by atoms with E-state index in [-0.39, 0.29) is 22.7 Å². The van der Waals surface area contributed by atoms with Gasteiger partial charge in [-0.2, -0.15) is 23.4 Å². The number of rotatable bonds is 3. The number of hydrogen-bond donors (Lipinski definition) is 1. The zero-order valence-electron chi connectivity index (χ0n) is 14.2. The highest BCUT2D eigenvalue weighted by Gasteiger charge is 2.32. The average Bonchev–Trinajstić information content (AvgIpc) is 2.57. The Morgan fingerprint density at radius 2 is 1.96 bits per heavy atom. The van der Waals surface area contributed by atoms with Crippen LogP contribution in [-0.2, 0) is 17.5 Å². The van der Waals surface area contributed by atoms with E-state index >= 15 is 0 Å². The van der Waals surface area contributed by atoms with E-state index in [4.69, 9.17) is 0 Å². The number of likely N-dealkylation sites (tertiary alicyclic amines) is 1. The van der Waals surface area contributed by atoms with Gasteiger partial charge in [0.1, 0.15) is 5.75 Å². The molecule has 138 valence electrons. The summed E-state index contributed by atoms with van der Waals surface area (Å²) < 4.78 is 38.5. The normalized spacial score (nSPS) is 15.4. The molecule has 1 fully saturated rings. The summed E-state index contributed by atoms with van der Waals surface area (Å²) in [6.45, 7) is 2.51. The monoisotopic (exact) mass is 365 g/mol. The minimum absolute atomic E-state index is 0.0818. The molecule has 2 heterocycles. The fourth-order valence-corrected chi connectivity index (χ4v) is 3.07. The van der Waals surface area contributed by atoms with Crippen LogP contribution >= 0.6 is 0 Å². The third-order valence-corrected chi connectivity index (χ3v) is 4.39. The van der Waals surface area contributed by atoms with E-state index in [9.17, 15) is 23.1 Å². The van der Waals surface area contributed by atoms with Gasteiger partial charge in [0.2, 0.25) is 5.91 Å². The van der Waals surface area contributed by atoms with E-state index in [0.29, 0.717) is 31.3 Å². The van der Waals surface area contributed by atoms with Crippen molar-refractivity contribution in [3.63, 3.8) is 0 Å². The number of halogens is 3. The molecule has 1 amide bonds. The molecule has 0 unspecified atom stereocenters. The Morgan fingerprint density at radius 3 is 2.54 bits per heavy atom. The first-order chi connectivity index (χ1) is 12.3. The minimum Gasteiger partial charge on any atom is -0.507 e. The standard InChI is InChI=1S/C18H18F3N3O2/c1-11-8-12(18(19,20)21)9-15(25)17(11)14-6-5-13(22-23-14)10-24-7-3-2-4-16(24)26/h5-6,8-9,25H,2-4,7,10H2,1H3. The molecule has 0 radical (unpaired) electrons. The lowest BCUT2D eigenvalue weighted by Gasteiger charge is -2.26. The van der Waals surface area contributed by atoms with Crippen LogP contribution in [0.25, 0.3) is 11.3 Å². The van der Waals surface area contributed by atoms with Gasteiger partial charge in [-0.1, -0.05) is 0 Å². The molecule has 0 spiro atoms. The molecule has 3 rings (SSSR count). The van der Waals surface area contributed by atoms with Gasteiger partial charge in [0.15, 0.2) is 0 Å². The highest BCUT2D eigenvalue weighted by molar-refractivity contribution is 5.76. The molecule has 1 saturated heterocycles. The van der Waals surface area contributed by atoms with Gasteiger partial charge in [0, 0.05) is 18.5 Å². The summed E-state index contributed by atoms with van der Waals surface area (Å²) in [5.74, 6) is -0.413. The second-order valence-electron chi connectivity index (χ2n) is 6.37. The molecule has 1 N–H and O–H groups in total. The second kappa shape index (κ2) is 6.93. The van der Waals surface area contributed by atoms with Crippen molar-refractivity contribution in [2.45, 2.75) is 38.9 Å². The number of phenolic OH excluding ortho intramolecular Hbond substituents is 1. The van der Waals surface area contributed by atoms with Gasteiger partial charge in [-0.15, -0.1) is 0 Å². The summed E-state index contributed by atoms with van der Waals surface area (Å²) >= 11 is 0. The van der Waals surface area contributed by atoms with Crippen molar-refractivity contribution in [2.24, 2.45) is 0 Å². The van der Waals surface area contributed by atoms with Gasteiger partial charge < -0.3 is 10.0 Å². The molecule has 26 heavy (non-hydrogen) atoms. The van der Waals surface area contributed by atoms with Crippen LogP contribution in [0.15, 0.2) is 24.3 Å².